The smallest absolute Gasteiger partial charge is 0.387 e. The quantitative estimate of drug-likeness (QED) is 0.741. The first-order chi connectivity index (χ1) is 10.4. The van der Waals surface area contributed by atoms with Crippen LogP contribution in [0.1, 0.15) is 6.92 Å². The zero-order valence-electron chi connectivity index (χ0n) is 12.3. The number of carbonyl (C=O) groups excluding carboxylic acids is 2. The minimum absolute atomic E-state index is 0.133. The molecule has 0 aromatic heterocycles. The lowest BCUT2D eigenvalue weighted by Crippen LogP contribution is -2.44. The van der Waals surface area contributed by atoms with Crippen LogP contribution in [0.2, 0.25) is 0 Å². The van der Waals surface area contributed by atoms with Crippen molar-refractivity contribution < 1.29 is 27.8 Å². The lowest BCUT2D eigenvalue weighted by Gasteiger charge is -2.16. The Balaban J connectivity index is 2.80. The maximum Gasteiger partial charge on any atom is 0.387 e. The summed E-state index contributed by atoms with van der Waals surface area (Å²) < 4.78 is 33.9. The van der Waals surface area contributed by atoms with Crippen LogP contribution >= 0.6 is 0 Å². The van der Waals surface area contributed by atoms with Gasteiger partial charge in [0.25, 0.3) is 0 Å². The third-order valence-corrected chi connectivity index (χ3v) is 2.62. The second kappa shape index (κ2) is 8.01. The molecule has 1 atom stereocenters. The summed E-state index contributed by atoms with van der Waals surface area (Å²) in [6.45, 7) is -1.49. The summed E-state index contributed by atoms with van der Waals surface area (Å²) in [6, 6.07) is 2.80. The number of ether oxygens (including phenoxy) is 2. The molecule has 0 saturated heterocycles. The molecule has 0 saturated carbocycles. The van der Waals surface area contributed by atoms with Gasteiger partial charge in [-0.05, 0) is 19.1 Å². The molecule has 1 aromatic rings. The van der Waals surface area contributed by atoms with E-state index in [0.29, 0.717) is 5.69 Å². The highest BCUT2D eigenvalue weighted by Crippen LogP contribution is 2.31. The van der Waals surface area contributed by atoms with E-state index in [1.807, 2.05) is 0 Å². The van der Waals surface area contributed by atoms with Crippen molar-refractivity contribution in [3.05, 3.63) is 18.2 Å². The standard InChI is InChI=1S/C13H17F2N3O4/c1-7(11(19)18-13(20)16-2)17-8-4-5-9(21-3)10(6-8)22-12(14)15/h4-7,12,17H,1-3H3,(H2,16,18,19,20)/t7-/m1/s1. The molecule has 0 radical (unpaired) electrons. The van der Waals surface area contributed by atoms with Crippen LogP contribution in [0.3, 0.4) is 0 Å². The van der Waals surface area contributed by atoms with Crippen molar-refractivity contribution >= 4 is 17.6 Å². The molecule has 1 rings (SSSR count). The summed E-state index contributed by atoms with van der Waals surface area (Å²) in [5, 5.41) is 7.10. The molecule has 3 N–H and O–H groups in total. The third-order valence-electron chi connectivity index (χ3n) is 2.62. The van der Waals surface area contributed by atoms with Gasteiger partial charge >= 0.3 is 12.6 Å². The van der Waals surface area contributed by atoms with E-state index >= 15 is 0 Å². The molecule has 0 aliphatic rings. The zero-order valence-corrected chi connectivity index (χ0v) is 12.3. The molecule has 0 heterocycles. The number of hydrogen-bond donors (Lipinski definition) is 3. The van der Waals surface area contributed by atoms with Crippen LogP contribution in [0.25, 0.3) is 0 Å². The summed E-state index contributed by atoms with van der Waals surface area (Å²) in [5.74, 6) is -0.610. The van der Waals surface area contributed by atoms with Crippen molar-refractivity contribution in [2.45, 2.75) is 19.6 Å². The Morgan fingerprint density at radius 3 is 2.45 bits per heavy atom. The first-order valence-corrected chi connectivity index (χ1v) is 6.29. The number of carbonyl (C=O) groups is 2. The van der Waals surface area contributed by atoms with Crippen LogP contribution in [0, 0.1) is 0 Å². The molecule has 0 fully saturated rings. The topological polar surface area (TPSA) is 88.7 Å². The second-order valence-electron chi connectivity index (χ2n) is 4.18. The lowest BCUT2D eigenvalue weighted by molar-refractivity contribution is -0.120. The van der Waals surface area contributed by atoms with Gasteiger partial charge in [-0.3, -0.25) is 10.1 Å². The lowest BCUT2D eigenvalue weighted by atomic mass is 10.2. The van der Waals surface area contributed by atoms with Gasteiger partial charge in [-0.25, -0.2) is 4.79 Å². The molecular formula is C13H17F2N3O4. The normalized spacial score (nSPS) is 11.5. The van der Waals surface area contributed by atoms with Crippen molar-refractivity contribution in [1.82, 2.24) is 10.6 Å². The molecule has 1 aromatic carbocycles. The fraction of sp³-hybridized carbons (Fsp3) is 0.385. The van der Waals surface area contributed by atoms with Crippen LogP contribution in [0.5, 0.6) is 11.5 Å². The highest BCUT2D eigenvalue weighted by molar-refractivity contribution is 5.97. The zero-order chi connectivity index (χ0) is 16.7. The van der Waals surface area contributed by atoms with Gasteiger partial charge in [0, 0.05) is 18.8 Å². The summed E-state index contributed by atoms with van der Waals surface area (Å²) in [6.07, 6.45) is 0. The Morgan fingerprint density at radius 2 is 1.91 bits per heavy atom. The van der Waals surface area contributed by atoms with Gasteiger partial charge < -0.3 is 20.1 Å². The number of methoxy groups -OCH3 is 1. The maximum atomic E-state index is 12.3. The second-order valence-corrected chi connectivity index (χ2v) is 4.18. The predicted molar refractivity (Wildman–Crippen MR) is 75.3 cm³/mol. The number of anilines is 1. The van der Waals surface area contributed by atoms with E-state index in [-0.39, 0.29) is 11.5 Å². The number of alkyl halides is 2. The van der Waals surface area contributed by atoms with Crippen LogP contribution < -0.4 is 25.4 Å². The van der Waals surface area contributed by atoms with Crippen molar-refractivity contribution in [3.8, 4) is 11.5 Å². The monoisotopic (exact) mass is 317 g/mol. The average molecular weight is 317 g/mol. The first kappa shape index (κ1) is 17.5. The van der Waals surface area contributed by atoms with Crippen molar-refractivity contribution in [2.75, 3.05) is 19.5 Å². The van der Waals surface area contributed by atoms with Gasteiger partial charge in [-0.2, -0.15) is 8.78 Å². The highest BCUT2D eigenvalue weighted by atomic mass is 19.3. The summed E-state index contributed by atoms with van der Waals surface area (Å²) >= 11 is 0. The molecule has 0 unspecified atom stereocenters. The summed E-state index contributed by atoms with van der Waals surface area (Å²) in [5.41, 5.74) is 0.357. The number of nitrogens with one attached hydrogen (secondary N) is 3. The maximum absolute atomic E-state index is 12.3. The van der Waals surface area contributed by atoms with E-state index in [1.54, 1.807) is 0 Å². The minimum atomic E-state index is -3.00. The number of imide groups is 1. The molecule has 0 aliphatic heterocycles. The molecular weight excluding hydrogens is 300 g/mol. The average Bonchev–Trinajstić information content (AvgIpc) is 2.46. The largest absolute Gasteiger partial charge is 0.493 e. The number of halogens is 2. The van der Waals surface area contributed by atoms with E-state index in [9.17, 15) is 18.4 Å². The van der Waals surface area contributed by atoms with Crippen LogP contribution in [-0.4, -0.2) is 38.7 Å². The first-order valence-electron chi connectivity index (χ1n) is 6.29. The van der Waals surface area contributed by atoms with E-state index < -0.39 is 24.6 Å². The SMILES string of the molecule is CNC(=O)NC(=O)[C@@H](C)Nc1ccc(OC)c(OC(F)F)c1. The van der Waals surface area contributed by atoms with E-state index in [0.717, 1.165) is 0 Å². The van der Waals surface area contributed by atoms with Gasteiger partial charge in [0.05, 0.1) is 7.11 Å². The van der Waals surface area contributed by atoms with Crippen molar-refractivity contribution in [3.63, 3.8) is 0 Å². The molecule has 0 aliphatic carbocycles. The summed E-state index contributed by atoms with van der Waals surface area (Å²) in [7, 11) is 2.69. The molecule has 9 heteroatoms. The van der Waals surface area contributed by atoms with E-state index in [1.165, 1.54) is 39.3 Å². The fourth-order valence-electron chi connectivity index (χ4n) is 1.55. The van der Waals surface area contributed by atoms with Gasteiger partial charge in [-0.1, -0.05) is 0 Å². The molecule has 122 valence electrons. The van der Waals surface area contributed by atoms with Gasteiger partial charge in [0.15, 0.2) is 11.5 Å². The number of hydrogen-bond acceptors (Lipinski definition) is 5. The number of amides is 3. The molecule has 0 spiro atoms. The highest BCUT2D eigenvalue weighted by Gasteiger charge is 2.17. The Hall–Kier alpha value is -2.58. The number of urea groups is 1. The van der Waals surface area contributed by atoms with Crippen molar-refractivity contribution in [1.29, 1.82) is 0 Å². The van der Waals surface area contributed by atoms with E-state index in [2.05, 4.69) is 20.7 Å². The number of benzene rings is 1. The van der Waals surface area contributed by atoms with E-state index in [4.69, 9.17) is 4.74 Å². The van der Waals surface area contributed by atoms with Gasteiger partial charge in [-0.15, -0.1) is 0 Å². The Kier molecular flexibility index (Phi) is 6.36. The van der Waals surface area contributed by atoms with Crippen LogP contribution in [-0.2, 0) is 4.79 Å². The Bertz CT molecular complexity index is 540. The van der Waals surface area contributed by atoms with Gasteiger partial charge in [0.2, 0.25) is 5.91 Å². The fourth-order valence-corrected chi connectivity index (χ4v) is 1.55. The minimum Gasteiger partial charge on any atom is -0.493 e. The third kappa shape index (κ3) is 5.08. The molecule has 3 amide bonds. The molecule has 0 bridgehead atoms. The molecule has 22 heavy (non-hydrogen) atoms. The Labute approximate surface area is 126 Å². The Morgan fingerprint density at radius 1 is 1.23 bits per heavy atom. The van der Waals surface area contributed by atoms with Gasteiger partial charge in [0.1, 0.15) is 6.04 Å². The number of rotatable bonds is 6. The van der Waals surface area contributed by atoms with Crippen molar-refractivity contribution in [2.24, 2.45) is 0 Å². The van der Waals surface area contributed by atoms with Crippen LogP contribution in [0.15, 0.2) is 18.2 Å². The molecule has 7 nitrogen and oxygen atoms in total. The summed E-state index contributed by atoms with van der Waals surface area (Å²) in [4.78, 5) is 22.7. The van der Waals surface area contributed by atoms with Crippen LogP contribution in [0.4, 0.5) is 19.3 Å². The predicted octanol–water partition coefficient (Wildman–Crippen LogP) is 1.55.